The molecule has 0 amide bonds. The van der Waals surface area contributed by atoms with Crippen LogP contribution in [-0.4, -0.2) is 14.7 Å². The zero-order valence-corrected chi connectivity index (χ0v) is 13.4. The molecule has 1 aliphatic carbocycles. The zero-order chi connectivity index (χ0) is 14.5. The lowest BCUT2D eigenvalue weighted by Crippen LogP contribution is -2.33. The molecule has 0 radical (unpaired) electrons. The smallest absolute Gasteiger partial charge is 0.118 e. The van der Waals surface area contributed by atoms with Crippen molar-refractivity contribution in [3.63, 3.8) is 0 Å². The third-order valence-corrected chi connectivity index (χ3v) is 5.42. The van der Waals surface area contributed by atoms with Crippen molar-refractivity contribution in [1.82, 2.24) is 9.55 Å². The molecule has 0 fully saturated rings. The lowest BCUT2D eigenvalue weighted by Gasteiger charge is -2.36. The molecule has 0 bridgehead atoms. The van der Waals surface area contributed by atoms with E-state index in [0.29, 0.717) is 0 Å². The van der Waals surface area contributed by atoms with Gasteiger partial charge < -0.3 is 9.67 Å². The maximum Gasteiger partial charge on any atom is 0.118 e. The minimum Gasteiger partial charge on any atom is -0.388 e. The van der Waals surface area contributed by atoms with Gasteiger partial charge in [0.05, 0.1) is 11.6 Å². The Morgan fingerprint density at radius 1 is 1.45 bits per heavy atom. The second-order valence-corrected chi connectivity index (χ2v) is 7.94. The van der Waals surface area contributed by atoms with Gasteiger partial charge in [0.15, 0.2) is 0 Å². The van der Waals surface area contributed by atoms with Crippen molar-refractivity contribution in [1.29, 1.82) is 0 Å². The van der Waals surface area contributed by atoms with Crippen molar-refractivity contribution in [2.24, 2.45) is 5.41 Å². The summed E-state index contributed by atoms with van der Waals surface area (Å²) in [6, 6.07) is 2.07. The van der Waals surface area contributed by atoms with Crippen LogP contribution in [0.5, 0.6) is 0 Å². The van der Waals surface area contributed by atoms with Gasteiger partial charge in [0.25, 0.3) is 0 Å². The zero-order valence-electron chi connectivity index (χ0n) is 12.6. The number of aliphatic hydroxyl groups is 1. The summed E-state index contributed by atoms with van der Waals surface area (Å²) in [6.07, 6.45) is 5.46. The maximum atomic E-state index is 10.4. The summed E-state index contributed by atoms with van der Waals surface area (Å²) < 4.78 is 2.30. The van der Waals surface area contributed by atoms with E-state index in [1.54, 1.807) is 11.3 Å². The molecule has 0 aliphatic heterocycles. The molecule has 0 saturated heterocycles. The molecular formula is C16H22N2OS. The first-order valence-electron chi connectivity index (χ1n) is 7.10. The van der Waals surface area contributed by atoms with E-state index < -0.39 is 0 Å². The van der Waals surface area contributed by atoms with Crippen LogP contribution >= 0.6 is 11.3 Å². The van der Waals surface area contributed by atoms with Gasteiger partial charge in [-0.25, -0.2) is 4.98 Å². The Bertz CT molecular complexity index is 610. The highest BCUT2D eigenvalue weighted by Gasteiger charge is 2.37. The summed E-state index contributed by atoms with van der Waals surface area (Å²) in [5.74, 6) is 0. The molecule has 108 valence electrons. The van der Waals surface area contributed by atoms with Crippen molar-refractivity contribution in [3.05, 3.63) is 40.1 Å². The molecule has 2 aromatic rings. The highest BCUT2D eigenvalue weighted by atomic mass is 32.1. The summed E-state index contributed by atoms with van der Waals surface area (Å²) >= 11 is 1.69. The Labute approximate surface area is 124 Å². The van der Waals surface area contributed by atoms with Gasteiger partial charge in [-0.1, -0.05) is 13.8 Å². The number of aromatic nitrogens is 2. The van der Waals surface area contributed by atoms with Gasteiger partial charge >= 0.3 is 0 Å². The molecule has 2 heterocycles. The van der Waals surface area contributed by atoms with Crippen LogP contribution in [0.4, 0.5) is 0 Å². The van der Waals surface area contributed by atoms with E-state index >= 15 is 0 Å². The summed E-state index contributed by atoms with van der Waals surface area (Å²) in [6.45, 7) is 8.85. The largest absolute Gasteiger partial charge is 0.388 e. The topological polar surface area (TPSA) is 38.0 Å². The van der Waals surface area contributed by atoms with Gasteiger partial charge in [0.1, 0.15) is 5.01 Å². The SMILES string of the molecule is CC1(C)Cc2c(ccn2C(C)(C)c2nccs2)C(O)C1. The fraction of sp³-hybridized carbons (Fsp3) is 0.562. The average Bonchev–Trinajstić information content (AvgIpc) is 2.94. The number of fused-ring (bicyclic) bond motifs is 1. The fourth-order valence-electron chi connectivity index (χ4n) is 3.28. The van der Waals surface area contributed by atoms with Gasteiger partial charge in [0.2, 0.25) is 0 Å². The molecule has 20 heavy (non-hydrogen) atoms. The third-order valence-electron chi connectivity index (χ3n) is 4.34. The minimum atomic E-state index is -0.345. The third kappa shape index (κ3) is 2.11. The molecule has 4 heteroatoms. The van der Waals surface area contributed by atoms with Crippen molar-refractivity contribution in [3.8, 4) is 0 Å². The lowest BCUT2D eigenvalue weighted by atomic mass is 9.75. The van der Waals surface area contributed by atoms with E-state index in [-0.39, 0.29) is 17.1 Å². The second-order valence-electron chi connectivity index (χ2n) is 7.04. The summed E-state index contributed by atoms with van der Waals surface area (Å²) in [4.78, 5) is 4.48. The van der Waals surface area contributed by atoms with Crippen LogP contribution in [0.2, 0.25) is 0 Å². The average molecular weight is 290 g/mol. The normalized spacial score (nSPS) is 21.8. The van der Waals surface area contributed by atoms with Gasteiger partial charge in [0, 0.05) is 29.0 Å². The number of nitrogens with zero attached hydrogens (tertiary/aromatic N) is 2. The Morgan fingerprint density at radius 3 is 2.85 bits per heavy atom. The molecule has 3 rings (SSSR count). The van der Waals surface area contributed by atoms with Crippen molar-refractivity contribution >= 4 is 11.3 Å². The molecule has 1 atom stereocenters. The summed E-state index contributed by atoms with van der Waals surface area (Å²) in [5, 5.41) is 13.5. The molecule has 1 unspecified atom stereocenters. The van der Waals surface area contributed by atoms with Crippen molar-refractivity contribution in [2.45, 2.75) is 52.2 Å². The number of thiazole rings is 1. The number of hydrogen-bond donors (Lipinski definition) is 1. The highest BCUT2D eigenvalue weighted by Crippen LogP contribution is 2.43. The maximum absolute atomic E-state index is 10.4. The van der Waals surface area contributed by atoms with Crippen LogP contribution in [0.1, 0.15) is 56.5 Å². The first-order chi connectivity index (χ1) is 9.31. The standard InChI is InChI=1S/C16H22N2OS/c1-15(2)9-12-11(13(19)10-15)5-7-18(12)16(3,4)14-17-6-8-20-14/h5-8,13,19H,9-10H2,1-4H3. The Balaban J connectivity index is 2.09. The van der Waals surface area contributed by atoms with Gasteiger partial charge in [-0.2, -0.15) is 0 Å². The second kappa shape index (κ2) is 4.43. The Morgan fingerprint density at radius 2 is 2.20 bits per heavy atom. The van der Waals surface area contributed by atoms with Crippen LogP contribution in [0.3, 0.4) is 0 Å². The molecule has 0 saturated carbocycles. The van der Waals surface area contributed by atoms with E-state index in [1.807, 2.05) is 11.6 Å². The molecule has 1 aliphatic rings. The minimum absolute atomic E-state index is 0.140. The summed E-state index contributed by atoms with van der Waals surface area (Å²) in [7, 11) is 0. The molecule has 1 N–H and O–H groups in total. The predicted molar refractivity (Wildman–Crippen MR) is 82.0 cm³/mol. The monoisotopic (exact) mass is 290 g/mol. The Hall–Kier alpha value is -1.13. The molecule has 0 spiro atoms. The van der Waals surface area contributed by atoms with E-state index in [2.05, 4.69) is 49.5 Å². The van der Waals surface area contributed by atoms with Gasteiger partial charge in [-0.15, -0.1) is 11.3 Å². The van der Waals surface area contributed by atoms with Crippen LogP contribution in [0.25, 0.3) is 0 Å². The number of hydrogen-bond acceptors (Lipinski definition) is 3. The van der Waals surface area contributed by atoms with E-state index in [1.165, 1.54) is 5.69 Å². The van der Waals surface area contributed by atoms with Crippen LogP contribution in [0, 0.1) is 5.41 Å². The lowest BCUT2D eigenvalue weighted by molar-refractivity contribution is 0.0969. The van der Waals surface area contributed by atoms with Crippen LogP contribution in [0.15, 0.2) is 23.8 Å². The summed E-state index contributed by atoms with van der Waals surface area (Å²) in [5.41, 5.74) is 2.32. The van der Waals surface area contributed by atoms with Crippen molar-refractivity contribution in [2.75, 3.05) is 0 Å². The first kappa shape index (κ1) is 13.8. The van der Waals surface area contributed by atoms with E-state index in [4.69, 9.17) is 0 Å². The van der Waals surface area contributed by atoms with Gasteiger partial charge in [-0.05, 0) is 38.2 Å². The van der Waals surface area contributed by atoms with Crippen molar-refractivity contribution < 1.29 is 5.11 Å². The molecular weight excluding hydrogens is 268 g/mol. The van der Waals surface area contributed by atoms with Crippen LogP contribution in [-0.2, 0) is 12.0 Å². The quantitative estimate of drug-likeness (QED) is 0.915. The first-order valence-corrected chi connectivity index (χ1v) is 7.98. The number of aliphatic hydroxyl groups excluding tert-OH is 1. The van der Waals surface area contributed by atoms with Gasteiger partial charge in [-0.3, -0.25) is 0 Å². The van der Waals surface area contributed by atoms with Crippen LogP contribution < -0.4 is 0 Å². The molecule has 0 aromatic carbocycles. The molecule has 2 aromatic heterocycles. The number of rotatable bonds is 2. The highest BCUT2D eigenvalue weighted by molar-refractivity contribution is 7.09. The predicted octanol–water partition coefficient (Wildman–Crippen LogP) is 3.73. The Kier molecular flexibility index (Phi) is 3.07. The van der Waals surface area contributed by atoms with E-state index in [0.717, 1.165) is 23.4 Å². The van der Waals surface area contributed by atoms with E-state index in [9.17, 15) is 5.11 Å². The molecule has 3 nitrogen and oxygen atoms in total. The fourth-order valence-corrected chi connectivity index (χ4v) is 4.04.